The highest BCUT2D eigenvalue weighted by molar-refractivity contribution is 7.07. The quantitative estimate of drug-likeness (QED) is 0.753. The van der Waals surface area contributed by atoms with Crippen LogP contribution >= 0.6 is 11.3 Å². The van der Waals surface area contributed by atoms with Crippen LogP contribution in [-0.4, -0.2) is 14.5 Å². The molecule has 0 saturated carbocycles. The van der Waals surface area contributed by atoms with Gasteiger partial charge in [-0.05, 0) is 24.6 Å². The number of benzene rings is 1. The second-order valence-corrected chi connectivity index (χ2v) is 4.75. The summed E-state index contributed by atoms with van der Waals surface area (Å²) in [6.07, 6.45) is 0. The average Bonchev–Trinajstić information content (AvgIpc) is 2.88. The van der Waals surface area contributed by atoms with E-state index in [2.05, 4.69) is 29.0 Å². The number of nitrogens with two attached hydrogens (primary N) is 1. The lowest BCUT2D eigenvalue weighted by Crippen LogP contribution is -2.04. The minimum absolute atomic E-state index is 0.540. The zero-order valence-corrected chi connectivity index (χ0v) is 10.2. The van der Waals surface area contributed by atoms with Gasteiger partial charge in [0.2, 0.25) is 5.95 Å². The number of thiazole rings is 1. The van der Waals surface area contributed by atoms with Crippen molar-refractivity contribution in [3.63, 3.8) is 0 Å². The smallest absolute Gasteiger partial charge is 0.201 e. The van der Waals surface area contributed by atoms with Crippen LogP contribution in [0.3, 0.4) is 0 Å². The lowest BCUT2D eigenvalue weighted by atomic mass is 10.2. The number of aromatic nitrogens is 3. The Kier molecular flexibility index (Phi) is 2.33. The van der Waals surface area contributed by atoms with Crippen molar-refractivity contribution < 1.29 is 0 Å². The van der Waals surface area contributed by atoms with Gasteiger partial charge in [0.1, 0.15) is 0 Å². The molecule has 3 rings (SSSR count). The first-order chi connectivity index (χ1) is 8.24. The van der Waals surface area contributed by atoms with Gasteiger partial charge in [-0.25, -0.2) is 9.97 Å². The monoisotopic (exact) mass is 244 g/mol. The molecule has 1 aromatic carbocycles. The largest absolute Gasteiger partial charge is 0.369 e. The number of hydrogen-bond acceptors (Lipinski definition) is 4. The third kappa shape index (κ3) is 1.78. The minimum Gasteiger partial charge on any atom is -0.369 e. The first-order valence-electron chi connectivity index (χ1n) is 5.33. The fourth-order valence-corrected chi connectivity index (χ4v) is 2.45. The maximum absolute atomic E-state index is 5.95. The van der Waals surface area contributed by atoms with E-state index in [1.54, 1.807) is 11.3 Å². The average molecular weight is 244 g/mol. The van der Waals surface area contributed by atoms with Gasteiger partial charge in [-0.1, -0.05) is 6.07 Å². The van der Waals surface area contributed by atoms with Crippen LogP contribution in [0, 0.1) is 6.92 Å². The van der Waals surface area contributed by atoms with Crippen molar-refractivity contribution in [2.75, 3.05) is 5.73 Å². The van der Waals surface area contributed by atoms with E-state index >= 15 is 0 Å². The fraction of sp³-hybridized carbons (Fsp3) is 0.167. The molecule has 2 aromatic heterocycles. The molecular formula is C12H12N4S. The summed E-state index contributed by atoms with van der Waals surface area (Å²) in [6, 6.07) is 6.17. The fourth-order valence-electron chi connectivity index (χ4n) is 1.90. The zero-order chi connectivity index (χ0) is 11.8. The topological polar surface area (TPSA) is 56.7 Å². The van der Waals surface area contributed by atoms with Crippen LogP contribution < -0.4 is 5.73 Å². The molecule has 0 fully saturated rings. The molecule has 86 valence electrons. The molecule has 17 heavy (non-hydrogen) atoms. The predicted molar refractivity (Wildman–Crippen MR) is 70.1 cm³/mol. The van der Waals surface area contributed by atoms with E-state index in [0.29, 0.717) is 12.5 Å². The Bertz CT molecular complexity index is 655. The molecule has 0 saturated heterocycles. The molecule has 0 bridgehead atoms. The number of anilines is 1. The SMILES string of the molecule is Cc1ccc2c(c1)nc(N)n2Cc1cscn1. The Labute approximate surface area is 103 Å². The van der Waals surface area contributed by atoms with Crippen molar-refractivity contribution in [3.8, 4) is 0 Å². The molecule has 2 heterocycles. The van der Waals surface area contributed by atoms with E-state index in [1.807, 2.05) is 21.5 Å². The number of nitrogen functional groups attached to an aromatic ring is 1. The number of nitrogens with zero attached hydrogens (tertiary/aromatic N) is 3. The lowest BCUT2D eigenvalue weighted by molar-refractivity contribution is 0.816. The van der Waals surface area contributed by atoms with Crippen LogP contribution in [0.15, 0.2) is 29.1 Å². The van der Waals surface area contributed by atoms with Crippen molar-refractivity contribution in [1.82, 2.24) is 14.5 Å². The van der Waals surface area contributed by atoms with Gasteiger partial charge in [0.25, 0.3) is 0 Å². The Hall–Kier alpha value is -1.88. The molecule has 0 aliphatic rings. The zero-order valence-electron chi connectivity index (χ0n) is 9.42. The molecule has 0 radical (unpaired) electrons. The van der Waals surface area contributed by atoms with E-state index in [9.17, 15) is 0 Å². The van der Waals surface area contributed by atoms with E-state index < -0.39 is 0 Å². The normalized spacial score (nSPS) is 11.1. The summed E-state index contributed by atoms with van der Waals surface area (Å²) in [5, 5.41) is 2.03. The van der Waals surface area contributed by atoms with E-state index in [0.717, 1.165) is 16.7 Å². The van der Waals surface area contributed by atoms with E-state index in [-0.39, 0.29) is 0 Å². The summed E-state index contributed by atoms with van der Waals surface area (Å²) >= 11 is 1.59. The highest BCUT2D eigenvalue weighted by Gasteiger charge is 2.09. The maximum atomic E-state index is 5.95. The third-order valence-electron chi connectivity index (χ3n) is 2.74. The summed E-state index contributed by atoms with van der Waals surface area (Å²) in [7, 11) is 0. The van der Waals surface area contributed by atoms with E-state index in [1.165, 1.54) is 5.56 Å². The lowest BCUT2D eigenvalue weighted by Gasteiger charge is -2.03. The third-order valence-corrected chi connectivity index (χ3v) is 3.37. The van der Waals surface area contributed by atoms with Crippen LogP contribution in [0.1, 0.15) is 11.3 Å². The number of fused-ring (bicyclic) bond motifs is 1. The highest BCUT2D eigenvalue weighted by Crippen LogP contribution is 2.20. The van der Waals surface area contributed by atoms with Gasteiger partial charge < -0.3 is 10.3 Å². The van der Waals surface area contributed by atoms with E-state index in [4.69, 9.17) is 5.73 Å². The number of imidazole rings is 1. The number of aryl methyl sites for hydroxylation is 1. The van der Waals surface area contributed by atoms with Crippen molar-refractivity contribution in [3.05, 3.63) is 40.3 Å². The molecule has 0 atom stereocenters. The van der Waals surface area contributed by atoms with Gasteiger partial charge in [-0.2, -0.15) is 0 Å². The molecule has 0 unspecified atom stereocenters. The van der Waals surface area contributed by atoms with Gasteiger partial charge in [0.05, 0.1) is 28.8 Å². The van der Waals surface area contributed by atoms with Crippen LogP contribution in [-0.2, 0) is 6.54 Å². The van der Waals surface area contributed by atoms with Crippen LogP contribution in [0.25, 0.3) is 11.0 Å². The van der Waals surface area contributed by atoms with Crippen molar-refractivity contribution in [2.45, 2.75) is 13.5 Å². The molecular weight excluding hydrogens is 232 g/mol. The number of hydrogen-bond donors (Lipinski definition) is 1. The van der Waals surface area contributed by atoms with Crippen LogP contribution in [0.4, 0.5) is 5.95 Å². The summed E-state index contributed by atoms with van der Waals surface area (Å²) in [6.45, 7) is 2.73. The van der Waals surface area contributed by atoms with Crippen LogP contribution in [0.2, 0.25) is 0 Å². The summed E-state index contributed by atoms with van der Waals surface area (Å²) < 4.78 is 1.99. The van der Waals surface area contributed by atoms with Crippen molar-refractivity contribution in [1.29, 1.82) is 0 Å². The molecule has 0 aliphatic heterocycles. The van der Waals surface area contributed by atoms with Crippen molar-refractivity contribution >= 4 is 28.3 Å². The molecule has 0 aliphatic carbocycles. The Morgan fingerprint density at radius 3 is 3.06 bits per heavy atom. The standard InChI is InChI=1S/C12H12N4S/c1-8-2-3-11-10(4-8)15-12(13)16(11)5-9-6-17-7-14-9/h2-4,6-7H,5H2,1H3,(H2,13,15). The Morgan fingerprint density at radius 1 is 1.41 bits per heavy atom. The number of rotatable bonds is 2. The molecule has 5 heteroatoms. The summed E-state index contributed by atoms with van der Waals surface area (Å²) in [5.41, 5.74) is 12.0. The highest BCUT2D eigenvalue weighted by atomic mass is 32.1. The Balaban J connectivity index is 2.12. The second-order valence-electron chi connectivity index (χ2n) is 4.03. The molecule has 2 N–H and O–H groups in total. The second kappa shape index (κ2) is 3.85. The van der Waals surface area contributed by atoms with Gasteiger partial charge in [-0.3, -0.25) is 0 Å². The molecule has 0 spiro atoms. The van der Waals surface area contributed by atoms with Gasteiger partial charge in [-0.15, -0.1) is 11.3 Å². The minimum atomic E-state index is 0.540. The first-order valence-corrected chi connectivity index (χ1v) is 6.28. The first kappa shape index (κ1) is 10.3. The van der Waals surface area contributed by atoms with Gasteiger partial charge >= 0.3 is 0 Å². The molecule has 0 amide bonds. The van der Waals surface area contributed by atoms with Gasteiger partial charge in [0, 0.05) is 5.38 Å². The maximum Gasteiger partial charge on any atom is 0.201 e. The van der Waals surface area contributed by atoms with Crippen molar-refractivity contribution in [2.24, 2.45) is 0 Å². The van der Waals surface area contributed by atoms with Crippen LogP contribution in [0.5, 0.6) is 0 Å². The molecule has 4 nitrogen and oxygen atoms in total. The molecule has 3 aromatic rings. The predicted octanol–water partition coefficient (Wildman–Crippen LogP) is 2.43. The van der Waals surface area contributed by atoms with Gasteiger partial charge in [0.15, 0.2) is 0 Å². The Morgan fingerprint density at radius 2 is 2.29 bits per heavy atom. The summed E-state index contributed by atoms with van der Waals surface area (Å²) in [4.78, 5) is 8.64. The summed E-state index contributed by atoms with van der Waals surface area (Å²) in [5.74, 6) is 0.540.